The van der Waals surface area contributed by atoms with Gasteiger partial charge in [0.2, 0.25) is 5.91 Å². The number of hydrogen-bond acceptors (Lipinski definition) is 2. The first kappa shape index (κ1) is 9.52. The zero-order valence-corrected chi connectivity index (χ0v) is 7.75. The largest absolute Gasteiger partial charge is 0.340 e. The lowest BCUT2D eigenvalue weighted by Crippen LogP contribution is -2.37. The molecule has 1 unspecified atom stereocenters. The summed E-state index contributed by atoms with van der Waals surface area (Å²) in [4.78, 5) is 13.3. The maximum absolute atomic E-state index is 11.3. The topological polar surface area (TPSA) is 46.3 Å². The normalized spacial score (nSPS) is 20.2. The van der Waals surface area contributed by atoms with Gasteiger partial charge in [0.1, 0.15) is 0 Å². The molecule has 0 aromatic rings. The van der Waals surface area contributed by atoms with Crippen LogP contribution in [0.1, 0.15) is 32.6 Å². The molecule has 3 nitrogen and oxygen atoms in total. The minimum atomic E-state index is 0.315. The van der Waals surface area contributed by atoms with Crippen molar-refractivity contribution in [1.29, 1.82) is 0 Å². The van der Waals surface area contributed by atoms with Crippen LogP contribution in [0, 0.1) is 0 Å². The minimum Gasteiger partial charge on any atom is -0.340 e. The first-order chi connectivity index (χ1) is 5.79. The van der Waals surface area contributed by atoms with Crippen LogP contribution in [0.15, 0.2) is 0 Å². The van der Waals surface area contributed by atoms with Crippen LogP contribution in [0.25, 0.3) is 0 Å². The lowest BCUT2D eigenvalue weighted by molar-refractivity contribution is -0.129. The predicted molar refractivity (Wildman–Crippen MR) is 48.7 cm³/mol. The molecule has 0 spiro atoms. The molecule has 0 bridgehead atoms. The van der Waals surface area contributed by atoms with Crippen LogP contribution in [0.3, 0.4) is 0 Å². The molecule has 0 aliphatic carbocycles. The van der Waals surface area contributed by atoms with Gasteiger partial charge in [-0.05, 0) is 25.8 Å². The molecule has 1 rings (SSSR count). The highest BCUT2D eigenvalue weighted by atomic mass is 16.2. The second-order valence-corrected chi connectivity index (χ2v) is 3.33. The van der Waals surface area contributed by atoms with Gasteiger partial charge in [-0.25, -0.2) is 0 Å². The van der Waals surface area contributed by atoms with Gasteiger partial charge in [0.25, 0.3) is 0 Å². The Morgan fingerprint density at radius 3 is 2.83 bits per heavy atom. The molecule has 0 saturated carbocycles. The van der Waals surface area contributed by atoms with Crippen molar-refractivity contribution >= 4 is 5.91 Å². The van der Waals surface area contributed by atoms with E-state index in [-0.39, 0.29) is 0 Å². The van der Waals surface area contributed by atoms with Crippen LogP contribution in [0.2, 0.25) is 0 Å². The van der Waals surface area contributed by atoms with E-state index < -0.39 is 0 Å². The van der Waals surface area contributed by atoms with Gasteiger partial charge < -0.3 is 10.6 Å². The van der Waals surface area contributed by atoms with Gasteiger partial charge in [-0.1, -0.05) is 6.92 Å². The van der Waals surface area contributed by atoms with Gasteiger partial charge in [0, 0.05) is 19.0 Å². The maximum Gasteiger partial charge on any atom is 0.222 e. The lowest BCUT2D eigenvalue weighted by atomic mass is 10.1. The summed E-state index contributed by atoms with van der Waals surface area (Å²) >= 11 is 0. The van der Waals surface area contributed by atoms with Crippen molar-refractivity contribution in [2.24, 2.45) is 5.73 Å². The van der Waals surface area contributed by atoms with Crippen molar-refractivity contribution in [1.82, 2.24) is 4.90 Å². The molecule has 0 aromatic carbocycles. The summed E-state index contributed by atoms with van der Waals surface area (Å²) in [5.41, 5.74) is 5.48. The molecule has 0 aromatic heterocycles. The molecule has 70 valence electrons. The van der Waals surface area contributed by atoms with Gasteiger partial charge in [-0.2, -0.15) is 0 Å². The van der Waals surface area contributed by atoms with Crippen molar-refractivity contribution in [3.63, 3.8) is 0 Å². The number of amides is 1. The zero-order chi connectivity index (χ0) is 8.97. The number of nitrogens with zero attached hydrogens (tertiary/aromatic N) is 1. The average Bonchev–Trinajstić information content (AvgIpc) is 2.47. The van der Waals surface area contributed by atoms with E-state index in [1.54, 1.807) is 0 Å². The number of carbonyl (C=O) groups excluding carboxylic acids is 1. The van der Waals surface area contributed by atoms with Crippen LogP contribution < -0.4 is 5.73 Å². The summed E-state index contributed by atoms with van der Waals surface area (Å²) in [6, 6.07) is 0.394. The standard InChI is InChI=1S/C9H18N2O/c1-2-8(5-6-10)11-7-3-4-9(11)12/h8H,2-7,10H2,1H3. The third-order valence-corrected chi connectivity index (χ3v) is 2.52. The highest BCUT2D eigenvalue weighted by Crippen LogP contribution is 2.17. The van der Waals surface area contributed by atoms with Crippen LogP contribution in [0.4, 0.5) is 0 Å². The Bertz CT molecular complexity index is 159. The average molecular weight is 170 g/mol. The van der Waals surface area contributed by atoms with E-state index in [0.29, 0.717) is 18.5 Å². The predicted octanol–water partition coefficient (Wildman–Crippen LogP) is 0.736. The van der Waals surface area contributed by atoms with Crippen molar-refractivity contribution in [3.8, 4) is 0 Å². The van der Waals surface area contributed by atoms with Crippen LogP contribution in [0.5, 0.6) is 0 Å². The highest BCUT2D eigenvalue weighted by Gasteiger charge is 2.25. The molecule has 0 radical (unpaired) electrons. The summed E-state index contributed by atoms with van der Waals surface area (Å²) < 4.78 is 0. The molecule has 1 aliphatic rings. The van der Waals surface area contributed by atoms with E-state index in [1.165, 1.54) is 0 Å². The Labute approximate surface area is 73.9 Å². The Hall–Kier alpha value is -0.570. The SMILES string of the molecule is CCC(CCN)N1CCCC1=O. The third-order valence-electron chi connectivity index (χ3n) is 2.52. The van der Waals surface area contributed by atoms with Gasteiger partial charge in [0.05, 0.1) is 0 Å². The molecule has 3 heteroatoms. The van der Waals surface area contributed by atoms with Crippen molar-refractivity contribution < 1.29 is 4.79 Å². The highest BCUT2D eigenvalue weighted by molar-refractivity contribution is 5.78. The van der Waals surface area contributed by atoms with Gasteiger partial charge in [0.15, 0.2) is 0 Å². The molecule has 1 amide bonds. The van der Waals surface area contributed by atoms with Gasteiger partial charge in [-0.3, -0.25) is 4.79 Å². The fourth-order valence-electron chi connectivity index (χ4n) is 1.83. The molecule has 1 aliphatic heterocycles. The fraction of sp³-hybridized carbons (Fsp3) is 0.889. The second kappa shape index (κ2) is 4.45. The smallest absolute Gasteiger partial charge is 0.222 e. The molecule has 1 saturated heterocycles. The van der Waals surface area contributed by atoms with Crippen molar-refractivity contribution in [2.75, 3.05) is 13.1 Å². The summed E-state index contributed by atoms with van der Waals surface area (Å²) in [7, 11) is 0. The van der Waals surface area contributed by atoms with Crippen molar-refractivity contribution in [2.45, 2.75) is 38.6 Å². The monoisotopic (exact) mass is 170 g/mol. The number of nitrogens with two attached hydrogens (primary N) is 1. The van der Waals surface area contributed by atoms with E-state index in [1.807, 2.05) is 4.90 Å². The van der Waals surface area contributed by atoms with E-state index in [4.69, 9.17) is 5.73 Å². The third kappa shape index (κ3) is 1.97. The number of hydrogen-bond donors (Lipinski definition) is 1. The minimum absolute atomic E-state index is 0.315. The van der Waals surface area contributed by atoms with E-state index >= 15 is 0 Å². The quantitative estimate of drug-likeness (QED) is 0.676. The Morgan fingerprint density at radius 1 is 1.67 bits per heavy atom. The summed E-state index contributed by atoms with van der Waals surface area (Å²) in [5, 5.41) is 0. The Balaban J connectivity index is 2.46. The van der Waals surface area contributed by atoms with Crippen LogP contribution in [-0.2, 0) is 4.79 Å². The van der Waals surface area contributed by atoms with E-state index in [2.05, 4.69) is 6.92 Å². The van der Waals surface area contributed by atoms with E-state index in [0.717, 1.165) is 32.2 Å². The van der Waals surface area contributed by atoms with E-state index in [9.17, 15) is 4.79 Å². The Kier molecular flexibility index (Phi) is 3.53. The summed E-state index contributed by atoms with van der Waals surface area (Å²) in [6.45, 7) is 3.74. The first-order valence-corrected chi connectivity index (χ1v) is 4.79. The zero-order valence-electron chi connectivity index (χ0n) is 7.75. The summed E-state index contributed by atoms with van der Waals surface area (Å²) in [5.74, 6) is 0.315. The van der Waals surface area contributed by atoms with Crippen molar-refractivity contribution in [3.05, 3.63) is 0 Å². The molecule has 1 heterocycles. The Morgan fingerprint density at radius 2 is 2.42 bits per heavy atom. The molecular weight excluding hydrogens is 152 g/mol. The first-order valence-electron chi connectivity index (χ1n) is 4.79. The molecule has 2 N–H and O–H groups in total. The fourth-order valence-corrected chi connectivity index (χ4v) is 1.83. The molecular formula is C9H18N2O. The number of likely N-dealkylation sites (tertiary alicyclic amines) is 1. The lowest BCUT2D eigenvalue weighted by Gasteiger charge is -2.26. The molecule has 12 heavy (non-hydrogen) atoms. The van der Waals surface area contributed by atoms with Crippen LogP contribution >= 0.6 is 0 Å². The maximum atomic E-state index is 11.3. The number of rotatable bonds is 4. The summed E-state index contributed by atoms with van der Waals surface area (Å²) in [6.07, 6.45) is 3.74. The molecule has 1 atom stereocenters. The van der Waals surface area contributed by atoms with Gasteiger partial charge in [-0.15, -0.1) is 0 Å². The second-order valence-electron chi connectivity index (χ2n) is 3.33. The molecule has 1 fully saturated rings. The van der Waals surface area contributed by atoms with Crippen LogP contribution in [-0.4, -0.2) is 29.9 Å². The number of carbonyl (C=O) groups is 1. The van der Waals surface area contributed by atoms with Gasteiger partial charge >= 0.3 is 0 Å².